The third-order valence-electron chi connectivity index (χ3n) is 3.85. The van der Waals surface area contributed by atoms with Crippen molar-refractivity contribution in [1.29, 1.82) is 0 Å². The van der Waals surface area contributed by atoms with Crippen molar-refractivity contribution >= 4 is 0 Å². The van der Waals surface area contributed by atoms with Crippen LogP contribution in [0.3, 0.4) is 0 Å². The molecule has 0 spiro atoms. The van der Waals surface area contributed by atoms with E-state index in [4.69, 9.17) is 10.5 Å². The van der Waals surface area contributed by atoms with Crippen molar-refractivity contribution in [1.82, 2.24) is 14.7 Å². The molecular formula is C12H20N4O. The van der Waals surface area contributed by atoms with Gasteiger partial charge in [0.15, 0.2) is 0 Å². The molecule has 5 nitrogen and oxygen atoms in total. The average molecular weight is 236 g/mol. The quantitative estimate of drug-likeness (QED) is 0.819. The van der Waals surface area contributed by atoms with Crippen LogP contribution in [-0.4, -0.2) is 46.5 Å². The molecule has 5 heteroatoms. The maximum atomic E-state index is 5.94. The summed E-state index contributed by atoms with van der Waals surface area (Å²) >= 11 is 0. The maximum absolute atomic E-state index is 5.94. The van der Waals surface area contributed by atoms with Crippen molar-refractivity contribution in [3.63, 3.8) is 0 Å². The van der Waals surface area contributed by atoms with Gasteiger partial charge in [-0.25, -0.2) is 0 Å². The van der Waals surface area contributed by atoms with Gasteiger partial charge in [0.2, 0.25) is 0 Å². The Labute approximate surface area is 102 Å². The molecule has 0 radical (unpaired) electrons. The van der Waals surface area contributed by atoms with Crippen LogP contribution in [0.4, 0.5) is 0 Å². The summed E-state index contributed by atoms with van der Waals surface area (Å²) < 4.78 is 7.70. The van der Waals surface area contributed by atoms with Crippen LogP contribution in [0, 0.1) is 0 Å². The van der Waals surface area contributed by atoms with Crippen molar-refractivity contribution in [2.24, 2.45) is 12.8 Å². The maximum Gasteiger partial charge on any atom is 0.0707 e. The summed E-state index contributed by atoms with van der Waals surface area (Å²) in [6, 6.07) is 0.288. The largest absolute Gasteiger partial charge is 0.372 e. The molecule has 3 rings (SSSR count). The lowest BCUT2D eigenvalue weighted by molar-refractivity contribution is -0.0521. The molecule has 1 aromatic heterocycles. The summed E-state index contributed by atoms with van der Waals surface area (Å²) in [5.41, 5.74) is 7.16. The summed E-state index contributed by atoms with van der Waals surface area (Å²) in [6.45, 7) is 2.66. The molecule has 17 heavy (non-hydrogen) atoms. The second-order valence-electron chi connectivity index (χ2n) is 5.11. The number of likely N-dealkylation sites (tertiary alicyclic amines) is 1. The molecule has 0 amide bonds. The molecule has 3 atom stereocenters. The van der Waals surface area contributed by atoms with Gasteiger partial charge in [-0.3, -0.25) is 9.58 Å². The van der Waals surface area contributed by atoms with Crippen LogP contribution in [0.5, 0.6) is 0 Å². The second kappa shape index (κ2) is 4.40. The second-order valence-corrected chi connectivity index (χ2v) is 5.11. The van der Waals surface area contributed by atoms with E-state index in [1.165, 1.54) is 18.4 Å². The highest BCUT2D eigenvalue weighted by Crippen LogP contribution is 2.31. The molecular weight excluding hydrogens is 216 g/mol. The van der Waals surface area contributed by atoms with Crippen molar-refractivity contribution in [2.45, 2.75) is 31.1 Å². The Kier molecular flexibility index (Phi) is 2.90. The van der Waals surface area contributed by atoms with Crippen LogP contribution >= 0.6 is 0 Å². The predicted molar refractivity (Wildman–Crippen MR) is 64.5 cm³/mol. The van der Waals surface area contributed by atoms with E-state index >= 15 is 0 Å². The summed E-state index contributed by atoms with van der Waals surface area (Å²) in [7, 11) is 1.94. The van der Waals surface area contributed by atoms with E-state index < -0.39 is 0 Å². The van der Waals surface area contributed by atoms with Gasteiger partial charge in [-0.1, -0.05) is 0 Å². The molecule has 3 heterocycles. The summed E-state index contributed by atoms with van der Waals surface area (Å²) in [4.78, 5) is 2.46. The first-order valence-corrected chi connectivity index (χ1v) is 6.34. The van der Waals surface area contributed by atoms with Gasteiger partial charge in [0, 0.05) is 38.4 Å². The molecule has 2 aliphatic heterocycles. The van der Waals surface area contributed by atoms with E-state index in [-0.39, 0.29) is 6.04 Å². The monoisotopic (exact) mass is 236 g/mol. The fourth-order valence-corrected chi connectivity index (χ4v) is 3.01. The zero-order chi connectivity index (χ0) is 11.8. The van der Waals surface area contributed by atoms with E-state index in [9.17, 15) is 0 Å². The number of hydrogen-bond donors (Lipinski definition) is 1. The van der Waals surface area contributed by atoms with Crippen molar-refractivity contribution in [3.8, 4) is 0 Å². The number of hydrogen-bond acceptors (Lipinski definition) is 4. The third-order valence-corrected chi connectivity index (χ3v) is 3.85. The Morgan fingerprint density at radius 2 is 2.18 bits per heavy atom. The highest BCUT2D eigenvalue weighted by atomic mass is 16.5. The predicted octanol–water partition coefficient (Wildman–Crippen LogP) is 0.283. The van der Waals surface area contributed by atoms with Crippen LogP contribution < -0.4 is 5.73 Å². The van der Waals surface area contributed by atoms with Gasteiger partial charge in [0.05, 0.1) is 24.4 Å². The summed E-state index contributed by atoms with van der Waals surface area (Å²) in [6.07, 6.45) is 7.22. The molecule has 0 saturated carbocycles. The van der Waals surface area contributed by atoms with E-state index in [1.807, 2.05) is 17.9 Å². The topological polar surface area (TPSA) is 56.3 Å². The molecule has 94 valence electrons. The number of nitrogens with two attached hydrogens (primary N) is 1. The van der Waals surface area contributed by atoms with Crippen molar-refractivity contribution in [2.75, 3.05) is 19.6 Å². The minimum atomic E-state index is 0.288. The Bertz CT molecular complexity index is 380. The fraction of sp³-hybridized carbons (Fsp3) is 0.750. The average Bonchev–Trinajstić information content (AvgIpc) is 2.87. The van der Waals surface area contributed by atoms with Gasteiger partial charge in [-0.05, 0) is 12.8 Å². The van der Waals surface area contributed by atoms with Gasteiger partial charge in [-0.2, -0.15) is 5.10 Å². The van der Waals surface area contributed by atoms with E-state index in [0.717, 1.165) is 13.1 Å². The molecule has 0 aliphatic carbocycles. The lowest BCUT2D eigenvalue weighted by atomic mass is 10.1. The molecule has 2 saturated heterocycles. The third kappa shape index (κ3) is 2.10. The highest BCUT2D eigenvalue weighted by Gasteiger charge is 2.36. The lowest BCUT2D eigenvalue weighted by Gasteiger charge is -2.37. The smallest absolute Gasteiger partial charge is 0.0707 e. The normalized spacial score (nSPS) is 30.7. The van der Waals surface area contributed by atoms with Gasteiger partial charge in [0.25, 0.3) is 0 Å². The van der Waals surface area contributed by atoms with Gasteiger partial charge in [0.1, 0.15) is 0 Å². The Hall–Kier alpha value is -0.910. The molecule has 2 fully saturated rings. The Morgan fingerprint density at radius 3 is 2.71 bits per heavy atom. The zero-order valence-corrected chi connectivity index (χ0v) is 10.2. The Balaban J connectivity index is 1.77. The van der Waals surface area contributed by atoms with E-state index in [0.29, 0.717) is 18.8 Å². The van der Waals surface area contributed by atoms with Crippen molar-refractivity contribution < 1.29 is 4.74 Å². The number of fused-ring (bicyclic) bond motifs is 2. The van der Waals surface area contributed by atoms with Gasteiger partial charge >= 0.3 is 0 Å². The number of aryl methyl sites for hydroxylation is 1. The molecule has 2 aliphatic rings. The zero-order valence-electron chi connectivity index (χ0n) is 10.2. The molecule has 2 N–H and O–H groups in total. The number of aromatic nitrogens is 2. The SMILES string of the molecule is Cn1cc(C(CN)N2CC3CCC(C2)O3)cn1. The van der Waals surface area contributed by atoms with Gasteiger partial charge < -0.3 is 10.5 Å². The number of ether oxygens (including phenoxy) is 1. The van der Waals surface area contributed by atoms with Crippen LogP contribution in [0.1, 0.15) is 24.4 Å². The molecule has 1 aromatic rings. The standard InChI is InChI=1S/C12H20N4O/c1-15-6-9(5-14-15)12(4-13)16-7-10-2-3-11(8-16)17-10/h5-6,10-12H,2-4,7-8,13H2,1H3. The first kappa shape index (κ1) is 11.2. The first-order valence-electron chi connectivity index (χ1n) is 6.34. The molecule has 2 bridgehead atoms. The minimum absolute atomic E-state index is 0.288. The van der Waals surface area contributed by atoms with Gasteiger partial charge in [-0.15, -0.1) is 0 Å². The molecule has 0 aromatic carbocycles. The summed E-state index contributed by atoms with van der Waals surface area (Å²) in [5.74, 6) is 0. The van der Waals surface area contributed by atoms with Crippen molar-refractivity contribution in [3.05, 3.63) is 18.0 Å². The first-order chi connectivity index (χ1) is 8.26. The Morgan fingerprint density at radius 1 is 1.47 bits per heavy atom. The van der Waals surface area contributed by atoms with Crippen LogP contribution in [0.2, 0.25) is 0 Å². The number of nitrogens with zero attached hydrogens (tertiary/aromatic N) is 3. The number of rotatable bonds is 3. The minimum Gasteiger partial charge on any atom is -0.372 e. The summed E-state index contributed by atoms with van der Waals surface area (Å²) in [5, 5.41) is 4.24. The van der Waals surface area contributed by atoms with Crippen LogP contribution in [-0.2, 0) is 11.8 Å². The van der Waals surface area contributed by atoms with Crippen LogP contribution in [0.15, 0.2) is 12.4 Å². The van der Waals surface area contributed by atoms with E-state index in [2.05, 4.69) is 16.2 Å². The highest BCUT2D eigenvalue weighted by molar-refractivity contribution is 5.12. The van der Waals surface area contributed by atoms with E-state index in [1.54, 1.807) is 0 Å². The van der Waals surface area contributed by atoms with Crippen LogP contribution in [0.25, 0.3) is 0 Å². The number of morpholine rings is 1. The lowest BCUT2D eigenvalue weighted by Crippen LogP contribution is -2.46. The fourth-order valence-electron chi connectivity index (χ4n) is 3.01. The molecule has 3 unspecified atom stereocenters.